The summed E-state index contributed by atoms with van der Waals surface area (Å²) < 4.78 is 5.67. The summed E-state index contributed by atoms with van der Waals surface area (Å²) in [5.41, 5.74) is 2.16. The Kier molecular flexibility index (Phi) is 6.23. The molecular weight excluding hydrogens is 328 g/mol. The molecule has 0 amide bonds. The molecule has 26 heavy (non-hydrogen) atoms. The number of rotatable bonds is 7. The Morgan fingerprint density at radius 2 is 2.23 bits per heavy atom. The second kappa shape index (κ2) is 8.81. The summed E-state index contributed by atoms with van der Waals surface area (Å²) in [6.07, 6.45) is 4.21. The van der Waals surface area contributed by atoms with E-state index in [0.717, 1.165) is 42.8 Å². The van der Waals surface area contributed by atoms with Crippen molar-refractivity contribution >= 4 is 5.97 Å². The topological polar surface area (TPSA) is 62.7 Å². The summed E-state index contributed by atoms with van der Waals surface area (Å²) in [6, 6.07) is 14.2. The molecule has 1 fully saturated rings. The number of likely N-dealkylation sites (tertiary alicyclic amines) is 1. The summed E-state index contributed by atoms with van der Waals surface area (Å²) in [4.78, 5) is 18.3. The molecule has 2 heterocycles. The van der Waals surface area contributed by atoms with E-state index in [4.69, 9.17) is 4.74 Å². The van der Waals surface area contributed by atoms with Gasteiger partial charge in [0.1, 0.15) is 5.75 Å². The van der Waals surface area contributed by atoms with Crippen molar-refractivity contribution in [2.45, 2.75) is 32.2 Å². The van der Waals surface area contributed by atoms with Gasteiger partial charge in [0.05, 0.1) is 12.5 Å². The van der Waals surface area contributed by atoms with Crippen molar-refractivity contribution in [2.75, 3.05) is 19.7 Å². The van der Waals surface area contributed by atoms with E-state index in [2.05, 4.69) is 22.0 Å². The highest BCUT2D eigenvalue weighted by Crippen LogP contribution is 2.31. The lowest BCUT2D eigenvalue weighted by Gasteiger charge is -2.37. The molecule has 2 unspecified atom stereocenters. The number of hydrogen-bond donors (Lipinski definition) is 1. The maximum absolute atomic E-state index is 11.5. The molecule has 1 saturated heterocycles. The molecule has 0 bridgehead atoms. The van der Waals surface area contributed by atoms with Crippen molar-refractivity contribution in [1.29, 1.82) is 0 Å². The first-order chi connectivity index (χ1) is 12.7. The van der Waals surface area contributed by atoms with Gasteiger partial charge < -0.3 is 9.84 Å². The third-order valence-electron chi connectivity index (χ3n) is 4.93. The predicted octanol–water partition coefficient (Wildman–Crippen LogP) is 3.56. The molecule has 2 aromatic rings. The predicted molar refractivity (Wildman–Crippen MR) is 100 cm³/mol. The third kappa shape index (κ3) is 4.61. The monoisotopic (exact) mass is 354 g/mol. The quantitative estimate of drug-likeness (QED) is 0.824. The van der Waals surface area contributed by atoms with Gasteiger partial charge in [-0.05, 0) is 56.1 Å². The Bertz CT molecular complexity index is 720. The summed E-state index contributed by atoms with van der Waals surface area (Å²) >= 11 is 0. The first kappa shape index (κ1) is 18.4. The fourth-order valence-corrected chi connectivity index (χ4v) is 3.64. The second-order valence-electron chi connectivity index (χ2n) is 6.72. The average molecular weight is 354 g/mol. The standard InChI is InChI=1S/C21H26N2O3/c1-2-26-19-10-5-7-16(13-19)20(14-18-9-3-4-11-22-18)23-12-6-8-17(15-23)21(24)25/h3-5,7,9-11,13,17,20H,2,6,8,12,14-15H2,1H3,(H,24,25). The highest BCUT2D eigenvalue weighted by atomic mass is 16.5. The number of piperidine rings is 1. The molecule has 3 rings (SSSR count). The first-order valence-corrected chi connectivity index (χ1v) is 9.27. The number of aromatic nitrogens is 1. The fraction of sp³-hybridized carbons (Fsp3) is 0.429. The summed E-state index contributed by atoms with van der Waals surface area (Å²) in [5, 5.41) is 9.45. The zero-order valence-electron chi connectivity index (χ0n) is 15.2. The number of carbonyl (C=O) groups is 1. The molecule has 0 aliphatic carbocycles. The Morgan fingerprint density at radius 1 is 1.35 bits per heavy atom. The van der Waals surface area contributed by atoms with E-state index in [9.17, 15) is 9.90 Å². The summed E-state index contributed by atoms with van der Waals surface area (Å²) in [6.45, 7) is 4.07. The van der Waals surface area contributed by atoms with Gasteiger partial charge in [-0.3, -0.25) is 14.7 Å². The van der Waals surface area contributed by atoms with Gasteiger partial charge in [-0.15, -0.1) is 0 Å². The SMILES string of the molecule is CCOc1cccc(C(Cc2ccccn2)N2CCCC(C(=O)O)C2)c1. The van der Waals surface area contributed by atoms with Crippen LogP contribution in [-0.2, 0) is 11.2 Å². The molecule has 1 aromatic heterocycles. The van der Waals surface area contributed by atoms with Crippen LogP contribution in [-0.4, -0.2) is 40.7 Å². The highest BCUT2D eigenvalue weighted by Gasteiger charge is 2.30. The zero-order chi connectivity index (χ0) is 18.4. The molecule has 1 N–H and O–H groups in total. The molecule has 0 saturated carbocycles. The van der Waals surface area contributed by atoms with Gasteiger partial charge in [0.25, 0.3) is 0 Å². The minimum Gasteiger partial charge on any atom is -0.494 e. The van der Waals surface area contributed by atoms with Gasteiger partial charge in [-0.1, -0.05) is 18.2 Å². The van der Waals surface area contributed by atoms with Crippen LogP contribution in [0.15, 0.2) is 48.7 Å². The molecule has 0 spiro atoms. The highest BCUT2D eigenvalue weighted by molar-refractivity contribution is 5.70. The number of ether oxygens (including phenoxy) is 1. The van der Waals surface area contributed by atoms with Crippen LogP contribution in [0.3, 0.4) is 0 Å². The van der Waals surface area contributed by atoms with E-state index in [-0.39, 0.29) is 12.0 Å². The molecule has 5 heteroatoms. The molecule has 5 nitrogen and oxygen atoms in total. The summed E-state index contributed by atoms with van der Waals surface area (Å²) in [5.74, 6) is -0.151. The Balaban J connectivity index is 1.88. The number of nitrogens with zero attached hydrogens (tertiary/aromatic N) is 2. The lowest BCUT2D eigenvalue weighted by Crippen LogP contribution is -2.41. The number of pyridine rings is 1. The normalized spacial score (nSPS) is 19.0. The van der Waals surface area contributed by atoms with E-state index in [0.29, 0.717) is 13.2 Å². The molecule has 2 atom stereocenters. The minimum atomic E-state index is -0.700. The van der Waals surface area contributed by atoms with Crippen molar-refractivity contribution in [1.82, 2.24) is 9.88 Å². The van der Waals surface area contributed by atoms with Crippen LogP contribution in [0, 0.1) is 5.92 Å². The minimum absolute atomic E-state index is 0.0902. The van der Waals surface area contributed by atoms with E-state index >= 15 is 0 Å². The molecule has 1 aliphatic rings. The lowest BCUT2D eigenvalue weighted by molar-refractivity contribution is -0.144. The van der Waals surface area contributed by atoms with Gasteiger partial charge in [0, 0.05) is 30.9 Å². The number of benzene rings is 1. The van der Waals surface area contributed by atoms with E-state index < -0.39 is 5.97 Å². The fourth-order valence-electron chi connectivity index (χ4n) is 3.64. The first-order valence-electron chi connectivity index (χ1n) is 9.27. The van der Waals surface area contributed by atoms with Crippen molar-refractivity contribution in [3.8, 4) is 5.75 Å². The number of hydrogen-bond acceptors (Lipinski definition) is 4. The van der Waals surface area contributed by atoms with Crippen molar-refractivity contribution in [3.05, 3.63) is 59.9 Å². The van der Waals surface area contributed by atoms with Crippen LogP contribution in [0.25, 0.3) is 0 Å². The summed E-state index contributed by atoms with van der Waals surface area (Å²) in [7, 11) is 0. The van der Waals surface area contributed by atoms with Gasteiger partial charge in [0.2, 0.25) is 0 Å². The van der Waals surface area contributed by atoms with E-state index in [1.807, 2.05) is 37.3 Å². The van der Waals surface area contributed by atoms with Crippen LogP contribution >= 0.6 is 0 Å². The van der Waals surface area contributed by atoms with Crippen LogP contribution < -0.4 is 4.74 Å². The maximum atomic E-state index is 11.5. The number of aliphatic carboxylic acids is 1. The van der Waals surface area contributed by atoms with E-state index in [1.165, 1.54) is 0 Å². The van der Waals surface area contributed by atoms with Gasteiger partial charge in [-0.25, -0.2) is 0 Å². The van der Waals surface area contributed by atoms with Gasteiger partial charge in [-0.2, -0.15) is 0 Å². The zero-order valence-corrected chi connectivity index (χ0v) is 15.2. The maximum Gasteiger partial charge on any atom is 0.307 e. The third-order valence-corrected chi connectivity index (χ3v) is 4.93. The van der Waals surface area contributed by atoms with Gasteiger partial charge >= 0.3 is 5.97 Å². The lowest BCUT2D eigenvalue weighted by atomic mass is 9.92. The van der Waals surface area contributed by atoms with Crippen LogP contribution in [0.5, 0.6) is 5.75 Å². The molecule has 1 aliphatic heterocycles. The Morgan fingerprint density at radius 3 is 2.96 bits per heavy atom. The van der Waals surface area contributed by atoms with Crippen LogP contribution in [0.2, 0.25) is 0 Å². The molecular formula is C21H26N2O3. The van der Waals surface area contributed by atoms with Crippen molar-refractivity contribution in [2.24, 2.45) is 5.92 Å². The van der Waals surface area contributed by atoms with Crippen LogP contribution in [0.1, 0.15) is 37.1 Å². The van der Waals surface area contributed by atoms with Crippen molar-refractivity contribution in [3.63, 3.8) is 0 Å². The van der Waals surface area contributed by atoms with Gasteiger partial charge in [0.15, 0.2) is 0 Å². The van der Waals surface area contributed by atoms with Crippen LogP contribution in [0.4, 0.5) is 0 Å². The Labute approximate surface area is 154 Å². The molecule has 138 valence electrons. The largest absolute Gasteiger partial charge is 0.494 e. The molecule has 1 aromatic carbocycles. The van der Waals surface area contributed by atoms with E-state index in [1.54, 1.807) is 6.20 Å². The Hall–Kier alpha value is -2.40. The smallest absolute Gasteiger partial charge is 0.307 e. The van der Waals surface area contributed by atoms with Crippen molar-refractivity contribution < 1.29 is 14.6 Å². The average Bonchev–Trinajstić information content (AvgIpc) is 2.67. The molecule has 0 radical (unpaired) electrons. The number of carboxylic acid groups (broad SMARTS) is 1. The second-order valence-corrected chi connectivity index (χ2v) is 6.72. The number of carboxylic acids is 1.